The normalized spacial score (nSPS) is 11.1. The summed E-state index contributed by atoms with van der Waals surface area (Å²) in [6, 6.07) is 25.5. The van der Waals surface area contributed by atoms with Gasteiger partial charge in [0.1, 0.15) is 0 Å². The van der Waals surface area contributed by atoms with E-state index in [0.717, 1.165) is 5.69 Å². The van der Waals surface area contributed by atoms with Crippen LogP contribution in [0.4, 0.5) is 5.69 Å². The van der Waals surface area contributed by atoms with E-state index in [0.29, 0.717) is 0 Å². The van der Waals surface area contributed by atoms with Crippen LogP contribution in [-0.4, -0.2) is 0 Å². The van der Waals surface area contributed by atoms with Crippen LogP contribution in [0.5, 0.6) is 0 Å². The molecule has 22 heavy (non-hydrogen) atoms. The molecule has 0 aliphatic rings. The quantitative estimate of drug-likeness (QED) is 0.359. The molecule has 0 bridgehead atoms. The lowest BCUT2D eigenvalue weighted by Gasteiger charge is -2.13. The number of nitrogens with two attached hydrogens (primary N) is 1. The topological polar surface area (TPSA) is 26.0 Å². The Morgan fingerprint density at radius 2 is 1.41 bits per heavy atom. The maximum atomic E-state index is 6.20. The van der Waals surface area contributed by atoms with E-state index in [-0.39, 0.29) is 0 Å². The Morgan fingerprint density at radius 1 is 0.636 bits per heavy atom. The van der Waals surface area contributed by atoms with E-state index in [1.807, 2.05) is 0 Å². The first-order valence-electron chi connectivity index (χ1n) is 7.51. The average molecular weight is 283 g/mol. The highest BCUT2D eigenvalue weighted by atomic mass is 14.5. The number of hydrogen-bond donors (Lipinski definition) is 1. The van der Waals surface area contributed by atoms with Crippen LogP contribution in [0.3, 0.4) is 0 Å². The van der Waals surface area contributed by atoms with Gasteiger partial charge in [-0.05, 0) is 57.3 Å². The van der Waals surface area contributed by atoms with E-state index in [9.17, 15) is 0 Å². The molecule has 1 heteroatoms. The second-order valence-corrected chi connectivity index (χ2v) is 5.77. The van der Waals surface area contributed by atoms with Crippen molar-refractivity contribution < 1.29 is 0 Å². The fraction of sp³-hybridized carbons (Fsp3) is 0.0476. The first-order valence-corrected chi connectivity index (χ1v) is 7.51. The zero-order valence-corrected chi connectivity index (χ0v) is 12.5. The lowest BCUT2D eigenvalue weighted by molar-refractivity contribution is 1.47. The highest BCUT2D eigenvalue weighted by Gasteiger charge is 2.09. The van der Waals surface area contributed by atoms with Crippen molar-refractivity contribution in [3.05, 3.63) is 78.4 Å². The highest BCUT2D eigenvalue weighted by molar-refractivity contribution is 6.13. The minimum Gasteiger partial charge on any atom is -0.399 e. The van der Waals surface area contributed by atoms with E-state index in [1.54, 1.807) is 0 Å². The standard InChI is InChI=1S/C21H17N/c1-14-6-2-4-8-17(14)20-12-16(22)13-21-18-9-5-3-7-15(18)10-11-19(20)21/h2-13H,22H2,1H3. The van der Waals surface area contributed by atoms with E-state index >= 15 is 0 Å². The summed E-state index contributed by atoms with van der Waals surface area (Å²) in [5, 5.41) is 4.97. The molecular weight excluding hydrogens is 266 g/mol. The molecule has 0 saturated carbocycles. The molecule has 2 N–H and O–H groups in total. The lowest BCUT2D eigenvalue weighted by Crippen LogP contribution is -1.91. The van der Waals surface area contributed by atoms with E-state index < -0.39 is 0 Å². The van der Waals surface area contributed by atoms with Crippen LogP contribution in [0, 0.1) is 6.92 Å². The summed E-state index contributed by atoms with van der Waals surface area (Å²) in [5.74, 6) is 0. The number of hydrogen-bond acceptors (Lipinski definition) is 1. The number of aryl methyl sites for hydroxylation is 1. The Labute approximate surface area is 130 Å². The first kappa shape index (κ1) is 12.9. The van der Waals surface area contributed by atoms with Crippen molar-refractivity contribution in [2.75, 3.05) is 5.73 Å². The number of rotatable bonds is 1. The number of benzene rings is 4. The average Bonchev–Trinajstić information content (AvgIpc) is 2.54. The number of nitrogen functional groups attached to an aromatic ring is 1. The van der Waals surface area contributed by atoms with Gasteiger partial charge in [0.2, 0.25) is 0 Å². The van der Waals surface area contributed by atoms with E-state index in [1.165, 1.54) is 38.2 Å². The second-order valence-electron chi connectivity index (χ2n) is 5.77. The third-order valence-electron chi connectivity index (χ3n) is 4.32. The molecule has 0 fully saturated rings. The fourth-order valence-corrected chi connectivity index (χ4v) is 3.24. The smallest absolute Gasteiger partial charge is 0.0326 e. The zero-order valence-electron chi connectivity index (χ0n) is 12.5. The Kier molecular flexibility index (Phi) is 2.87. The highest BCUT2D eigenvalue weighted by Crippen LogP contribution is 2.36. The molecule has 4 aromatic rings. The largest absolute Gasteiger partial charge is 0.399 e. The summed E-state index contributed by atoms with van der Waals surface area (Å²) < 4.78 is 0. The maximum absolute atomic E-state index is 6.20. The predicted molar refractivity (Wildman–Crippen MR) is 96.0 cm³/mol. The van der Waals surface area contributed by atoms with Crippen molar-refractivity contribution in [2.45, 2.75) is 6.92 Å². The molecule has 1 nitrogen and oxygen atoms in total. The van der Waals surface area contributed by atoms with Gasteiger partial charge in [-0.15, -0.1) is 0 Å². The SMILES string of the molecule is Cc1ccccc1-c1cc(N)cc2c1ccc1ccccc12. The molecule has 4 aromatic carbocycles. The second kappa shape index (κ2) is 4.88. The number of fused-ring (bicyclic) bond motifs is 3. The summed E-state index contributed by atoms with van der Waals surface area (Å²) in [7, 11) is 0. The van der Waals surface area contributed by atoms with Crippen LogP contribution in [0.15, 0.2) is 72.8 Å². The molecule has 0 saturated heterocycles. The maximum Gasteiger partial charge on any atom is 0.0326 e. The monoisotopic (exact) mass is 283 g/mol. The van der Waals surface area contributed by atoms with Gasteiger partial charge in [0.05, 0.1) is 0 Å². The van der Waals surface area contributed by atoms with Crippen LogP contribution >= 0.6 is 0 Å². The molecule has 0 aliphatic carbocycles. The van der Waals surface area contributed by atoms with Crippen molar-refractivity contribution in [1.82, 2.24) is 0 Å². The minimum absolute atomic E-state index is 0.808. The summed E-state index contributed by atoms with van der Waals surface area (Å²) in [5.41, 5.74) is 10.7. The molecular formula is C21H17N. The summed E-state index contributed by atoms with van der Waals surface area (Å²) in [4.78, 5) is 0. The molecule has 0 spiro atoms. The number of anilines is 1. The molecule has 0 radical (unpaired) electrons. The van der Waals surface area contributed by atoms with Gasteiger partial charge in [-0.1, -0.05) is 60.7 Å². The van der Waals surface area contributed by atoms with Gasteiger partial charge >= 0.3 is 0 Å². The van der Waals surface area contributed by atoms with Gasteiger partial charge in [0.25, 0.3) is 0 Å². The van der Waals surface area contributed by atoms with E-state index in [4.69, 9.17) is 5.73 Å². The van der Waals surface area contributed by atoms with Gasteiger partial charge in [0.15, 0.2) is 0 Å². The van der Waals surface area contributed by atoms with Gasteiger partial charge < -0.3 is 5.73 Å². The van der Waals surface area contributed by atoms with E-state index in [2.05, 4.69) is 79.7 Å². The molecule has 0 atom stereocenters. The summed E-state index contributed by atoms with van der Waals surface area (Å²) >= 11 is 0. The fourth-order valence-electron chi connectivity index (χ4n) is 3.24. The molecule has 0 unspecified atom stereocenters. The molecule has 106 valence electrons. The van der Waals surface area contributed by atoms with Crippen molar-refractivity contribution in [1.29, 1.82) is 0 Å². The van der Waals surface area contributed by atoms with Gasteiger partial charge in [-0.25, -0.2) is 0 Å². The zero-order chi connectivity index (χ0) is 15.1. The third kappa shape index (κ3) is 1.94. The summed E-state index contributed by atoms with van der Waals surface area (Å²) in [6.07, 6.45) is 0. The van der Waals surface area contributed by atoms with Gasteiger partial charge in [-0.3, -0.25) is 0 Å². The van der Waals surface area contributed by atoms with Crippen LogP contribution < -0.4 is 5.73 Å². The van der Waals surface area contributed by atoms with Crippen molar-refractivity contribution >= 4 is 27.2 Å². The molecule has 0 heterocycles. The lowest BCUT2D eigenvalue weighted by atomic mass is 9.92. The Morgan fingerprint density at radius 3 is 2.27 bits per heavy atom. The van der Waals surface area contributed by atoms with Crippen molar-refractivity contribution in [3.63, 3.8) is 0 Å². The third-order valence-corrected chi connectivity index (χ3v) is 4.32. The van der Waals surface area contributed by atoms with Crippen molar-refractivity contribution in [2.24, 2.45) is 0 Å². The molecule has 0 amide bonds. The Bertz CT molecular complexity index is 999. The molecule has 0 aromatic heterocycles. The molecule has 4 rings (SSSR count). The van der Waals surface area contributed by atoms with Crippen LogP contribution in [-0.2, 0) is 0 Å². The van der Waals surface area contributed by atoms with Crippen LogP contribution in [0.2, 0.25) is 0 Å². The molecule has 0 aliphatic heterocycles. The van der Waals surface area contributed by atoms with Crippen LogP contribution in [0.25, 0.3) is 32.7 Å². The van der Waals surface area contributed by atoms with Crippen LogP contribution in [0.1, 0.15) is 5.56 Å². The minimum atomic E-state index is 0.808. The summed E-state index contributed by atoms with van der Waals surface area (Å²) in [6.45, 7) is 2.14. The first-order chi connectivity index (χ1) is 10.7. The Hall–Kier alpha value is -2.80. The van der Waals surface area contributed by atoms with Gasteiger partial charge in [0, 0.05) is 5.69 Å². The van der Waals surface area contributed by atoms with Gasteiger partial charge in [-0.2, -0.15) is 0 Å². The predicted octanol–water partition coefficient (Wildman–Crippen LogP) is 5.55. The van der Waals surface area contributed by atoms with Crippen molar-refractivity contribution in [3.8, 4) is 11.1 Å². The Balaban J connectivity index is 2.16.